The van der Waals surface area contributed by atoms with Crippen LogP contribution in [0.1, 0.15) is 50.0 Å². The quantitative estimate of drug-likeness (QED) is 0.736. The van der Waals surface area contributed by atoms with Crippen LogP contribution in [0.15, 0.2) is 48.5 Å². The first kappa shape index (κ1) is 20.5. The van der Waals surface area contributed by atoms with Crippen molar-refractivity contribution >= 4 is 17.5 Å². The van der Waals surface area contributed by atoms with Gasteiger partial charge in [0.05, 0.1) is 11.3 Å². The molecule has 2 amide bonds. The molecule has 0 aliphatic heterocycles. The summed E-state index contributed by atoms with van der Waals surface area (Å²) < 4.78 is 5.58. The van der Waals surface area contributed by atoms with Gasteiger partial charge in [-0.15, -0.1) is 0 Å². The van der Waals surface area contributed by atoms with Crippen LogP contribution in [-0.2, 0) is 10.2 Å². The fraction of sp³-hybridized carbons (Fsp3) is 0.364. The molecule has 0 unspecified atom stereocenters. The first-order chi connectivity index (χ1) is 12.9. The number of amides is 2. The number of anilines is 1. The summed E-state index contributed by atoms with van der Waals surface area (Å²) in [6.07, 6.45) is 1.04. The molecule has 0 spiro atoms. The van der Waals surface area contributed by atoms with Crippen molar-refractivity contribution in [1.29, 1.82) is 0 Å². The number of hydrogen-bond acceptors (Lipinski definition) is 3. The predicted molar refractivity (Wildman–Crippen MR) is 108 cm³/mol. The smallest absolute Gasteiger partial charge is 0.262 e. The number of ether oxygens (including phenoxy) is 1. The highest BCUT2D eigenvalue weighted by Crippen LogP contribution is 2.28. The van der Waals surface area contributed by atoms with E-state index < -0.39 is 0 Å². The van der Waals surface area contributed by atoms with Gasteiger partial charge < -0.3 is 15.4 Å². The Kier molecular flexibility index (Phi) is 6.99. The highest BCUT2D eigenvalue weighted by molar-refractivity contribution is 6.04. The average Bonchev–Trinajstić information content (AvgIpc) is 2.67. The molecule has 0 saturated heterocycles. The summed E-state index contributed by atoms with van der Waals surface area (Å²) in [7, 11) is 0. The number of hydrogen-bond donors (Lipinski definition) is 2. The minimum atomic E-state index is -0.315. The molecule has 5 heteroatoms. The molecule has 0 atom stereocenters. The fourth-order valence-corrected chi connectivity index (χ4v) is 2.59. The number of carbonyl (C=O) groups is 2. The number of carbonyl (C=O) groups excluding carboxylic acids is 2. The number of rotatable bonds is 8. The lowest BCUT2D eigenvalue weighted by Gasteiger charge is -2.23. The molecule has 2 aromatic rings. The monoisotopic (exact) mass is 368 g/mol. The van der Waals surface area contributed by atoms with E-state index in [4.69, 9.17) is 4.74 Å². The van der Waals surface area contributed by atoms with E-state index in [0.717, 1.165) is 6.42 Å². The van der Waals surface area contributed by atoms with Crippen molar-refractivity contribution in [3.63, 3.8) is 0 Å². The lowest BCUT2D eigenvalue weighted by molar-refractivity contribution is -0.118. The van der Waals surface area contributed by atoms with Crippen molar-refractivity contribution in [1.82, 2.24) is 5.32 Å². The predicted octanol–water partition coefficient (Wildman–Crippen LogP) is 4.14. The summed E-state index contributed by atoms with van der Waals surface area (Å²) in [5, 5.41) is 5.47. The zero-order chi connectivity index (χ0) is 19.9. The molecular weight excluding hydrogens is 340 g/mol. The second-order valence-corrected chi connectivity index (χ2v) is 7.00. The van der Waals surface area contributed by atoms with E-state index in [1.165, 1.54) is 5.56 Å². The zero-order valence-electron chi connectivity index (χ0n) is 16.5. The third-order valence-electron chi connectivity index (χ3n) is 4.67. The molecule has 0 saturated carbocycles. The van der Waals surface area contributed by atoms with Crippen molar-refractivity contribution in [3.8, 4) is 5.75 Å². The molecule has 27 heavy (non-hydrogen) atoms. The van der Waals surface area contributed by atoms with Gasteiger partial charge in [0.1, 0.15) is 5.75 Å². The summed E-state index contributed by atoms with van der Waals surface area (Å²) >= 11 is 0. The van der Waals surface area contributed by atoms with E-state index in [9.17, 15) is 9.59 Å². The van der Waals surface area contributed by atoms with Gasteiger partial charge >= 0.3 is 0 Å². The Morgan fingerprint density at radius 3 is 2.30 bits per heavy atom. The van der Waals surface area contributed by atoms with Gasteiger partial charge in [-0.3, -0.25) is 9.59 Å². The van der Waals surface area contributed by atoms with Crippen molar-refractivity contribution in [3.05, 3.63) is 59.7 Å². The Balaban J connectivity index is 1.96. The largest absolute Gasteiger partial charge is 0.484 e. The number of para-hydroxylation sites is 1. The molecule has 2 N–H and O–H groups in total. The number of benzene rings is 2. The molecule has 2 rings (SSSR count). The van der Waals surface area contributed by atoms with Crippen LogP contribution in [-0.4, -0.2) is 25.0 Å². The molecule has 0 bridgehead atoms. The van der Waals surface area contributed by atoms with Crippen LogP contribution in [0.5, 0.6) is 5.75 Å². The van der Waals surface area contributed by atoms with Crippen LogP contribution in [0.4, 0.5) is 5.69 Å². The van der Waals surface area contributed by atoms with Gasteiger partial charge in [-0.25, -0.2) is 0 Å². The van der Waals surface area contributed by atoms with Gasteiger partial charge in [0.25, 0.3) is 11.8 Å². The van der Waals surface area contributed by atoms with Crippen LogP contribution in [0.3, 0.4) is 0 Å². The van der Waals surface area contributed by atoms with E-state index in [0.29, 0.717) is 23.5 Å². The fourth-order valence-electron chi connectivity index (χ4n) is 2.59. The topological polar surface area (TPSA) is 67.4 Å². The summed E-state index contributed by atoms with van der Waals surface area (Å²) in [4.78, 5) is 24.3. The molecule has 0 fully saturated rings. The second kappa shape index (κ2) is 9.21. The summed E-state index contributed by atoms with van der Waals surface area (Å²) in [6.45, 7) is 8.80. The Bertz CT molecular complexity index is 782. The van der Waals surface area contributed by atoms with Gasteiger partial charge in [0.15, 0.2) is 6.61 Å². The van der Waals surface area contributed by atoms with Crippen molar-refractivity contribution in [2.75, 3.05) is 18.5 Å². The summed E-state index contributed by atoms with van der Waals surface area (Å²) in [5.74, 6) is 0.103. The van der Waals surface area contributed by atoms with Crippen molar-refractivity contribution < 1.29 is 14.3 Å². The van der Waals surface area contributed by atoms with E-state index in [-0.39, 0.29) is 23.8 Å². The Labute approximate surface area is 161 Å². The first-order valence-corrected chi connectivity index (χ1v) is 9.27. The van der Waals surface area contributed by atoms with Crippen LogP contribution in [0.2, 0.25) is 0 Å². The molecule has 144 valence electrons. The second-order valence-electron chi connectivity index (χ2n) is 7.00. The Hall–Kier alpha value is -2.82. The maximum absolute atomic E-state index is 12.2. The molecule has 0 aromatic heterocycles. The molecule has 0 aliphatic carbocycles. The maximum atomic E-state index is 12.2. The van der Waals surface area contributed by atoms with E-state index in [1.807, 2.05) is 31.2 Å². The van der Waals surface area contributed by atoms with Crippen LogP contribution in [0.25, 0.3) is 0 Å². The standard InChI is InChI=1S/C22H28N2O3/c1-5-22(3,4)16-11-13-17(14-12-16)27-15-20(25)24-19-10-8-7-9-18(19)21(26)23-6-2/h7-14H,5-6,15H2,1-4H3,(H,23,26)(H,24,25). The Morgan fingerprint density at radius 2 is 1.67 bits per heavy atom. The highest BCUT2D eigenvalue weighted by atomic mass is 16.5. The summed E-state index contributed by atoms with van der Waals surface area (Å²) in [5.41, 5.74) is 2.24. The maximum Gasteiger partial charge on any atom is 0.262 e. The van der Waals surface area contributed by atoms with Crippen molar-refractivity contribution in [2.45, 2.75) is 39.5 Å². The molecule has 5 nitrogen and oxygen atoms in total. The summed E-state index contributed by atoms with van der Waals surface area (Å²) in [6, 6.07) is 14.7. The highest BCUT2D eigenvalue weighted by Gasteiger charge is 2.18. The third kappa shape index (κ3) is 5.58. The molecule has 2 aromatic carbocycles. The van der Waals surface area contributed by atoms with Crippen molar-refractivity contribution in [2.24, 2.45) is 0 Å². The van der Waals surface area contributed by atoms with Crippen LogP contribution >= 0.6 is 0 Å². The minimum Gasteiger partial charge on any atom is -0.484 e. The van der Waals surface area contributed by atoms with E-state index in [1.54, 1.807) is 24.3 Å². The lowest BCUT2D eigenvalue weighted by Crippen LogP contribution is -2.26. The minimum absolute atomic E-state index is 0.110. The van der Waals surface area contributed by atoms with E-state index in [2.05, 4.69) is 31.4 Å². The molecule has 0 heterocycles. The molecular formula is C22H28N2O3. The van der Waals surface area contributed by atoms with Gasteiger partial charge in [-0.05, 0) is 48.6 Å². The average molecular weight is 368 g/mol. The van der Waals surface area contributed by atoms with Gasteiger partial charge in [0, 0.05) is 6.54 Å². The van der Waals surface area contributed by atoms with Crippen LogP contribution < -0.4 is 15.4 Å². The van der Waals surface area contributed by atoms with E-state index >= 15 is 0 Å². The third-order valence-corrected chi connectivity index (χ3v) is 4.67. The van der Waals surface area contributed by atoms with Gasteiger partial charge in [0.2, 0.25) is 0 Å². The zero-order valence-corrected chi connectivity index (χ0v) is 16.5. The number of nitrogens with one attached hydrogen (secondary N) is 2. The molecule has 0 aliphatic rings. The van der Waals surface area contributed by atoms with Crippen LogP contribution in [0, 0.1) is 0 Å². The Morgan fingerprint density at radius 1 is 1.00 bits per heavy atom. The first-order valence-electron chi connectivity index (χ1n) is 9.27. The van der Waals surface area contributed by atoms with Gasteiger partial charge in [-0.2, -0.15) is 0 Å². The SMILES string of the molecule is CCNC(=O)c1ccccc1NC(=O)COc1ccc(C(C)(C)CC)cc1. The molecule has 0 radical (unpaired) electrons. The van der Waals surface area contributed by atoms with Gasteiger partial charge in [-0.1, -0.05) is 45.0 Å². The normalized spacial score (nSPS) is 11.0. The lowest BCUT2D eigenvalue weighted by atomic mass is 9.82.